The van der Waals surface area contributed by atoms with Crippen LogP contribution in [0.2, 0.25) is 0 Å². The van der Waals surface area contributed by atoms with E-state index < -0.39 is 5.97 Å². The van der Waals surface area contributed by atoms with Gasteiger partial charge in [-0.05, 0) is 71.1 Å². The smallest absolute Gasteiger partial charge is 0.303 e. The summed E-state index contributed by atoms with van der Waals surface area (Å²) in [4.78, 5) is 9.76. The maximum atomic E-state index is 9.76. The molecule has 0 radical (unpaired) electrons. The molecular formula is C29H22O2. The van der Waals surface area contributed by atoms with E-state index in [1.807, 2.05) is 6.92 Å². The summed E-state index contributed by atoms with van der Waals surface area (Å²) in [6, 6.07) is 27.3. The lowest BCUT2D eigenvalue weighted by Crippen LogP contribution is -1.91. The molecule has 0 spiro atoms. The highest BCUT2D eigenvalue weighted by Gasteiger charge is 2.19. The molecule has 0 aliphatic carbocycles. The molecule has 0 bridgehead atoms. The van der Waals surface area contributed by atoms with Gasteiger partial charge in [0.2, 0.25) is 0 Å². The van der Waals surface area contributed by atoms with E-state index in [4.69, 9.17) is 5.11 Å². The fourth-order valence-corrected chi connectivity index (χ4v) is 5.22. The summed E-state index contributed by atoms with van der Waals surface area (Å²) in [5.41, 5.74) is 0. The first-order valence-electron chi connectivity index (χ1n) is 11.0. The zero-order valence-electron chi connectivity index (χ0n) is 17.4. The SMILES string of the molecule is CCCCC(=O)O.c1cc2ccc3ccc4ccc5ccc6ccc1c1c2c3c4c5c61. The third-order valence-corrected chi connectivity index (χ3v) is 6.63. The van der Waals surface area contributed by atoms with Gasteiger partial charge >= 0.3 is 5.97 Å². The fraction of sp³-hybridized carbons (Fsp3) is 0.138. The first kappa shape index (κ1) is 18.1. The number of rotatable bonds is 3. The molecule has 0 heterocycles. The predicted molar refractivity (Wildman–Crippen MR) is 132 cm³/mol. The van der Waals surface area contributed by atoms with Crippen molar-refractivity contribution >= 4 is 70.6 Å². The maximum Gasteiger partial charge on any atom is 0.303 e. The number of carbonyl (C=O) groups is 1. The normalized spacial score (nSPS) is 12.0. The minimum absolute atomic E-state index is 0.316. The van der Waals surface area contributed by atoms with Gasteiger partial charge in [-0.15, -0.1) is 0 Å². The Morgan fingerprint density at radius 3 is 0.903 bits per heavy atom. The Labute approximate surface area is 179 Å². The summed E-state index contributed by atoms with van der Waals surface area (Å²) < 4.78 is 0. The topological polar surface area (TPSA) is 37.3 Å². The van der Waals surface area contributed by atoms with Crippen molar-refractivity contribution in [1.29, 1.82) is 0 Å². The molecule has 0 atom stereocenters. The van der Waals surface area contributed by atoms with Crippen molar-refractivity contribution in [3.8, 4) is 0 Å². The summed E-state index contributed by atoms with van der Waals surface area (Å²) in [5.74, 6) is -0.693. The van der Waals surface area contributed by atoms with Crippen molar-refractivity contribution < 1.29 is 9.90 Å². The number of benzene rings is 7. The standard InChI is InChI=1S/C24H12.C5H10O2/c1-2-14-5-6-16-9-11-18-12-10-17-8-7-15-4-3-13(1)19-20(14)22(16)24(18)23(17)21(15)19;1-2-3-4-5(6)7/h1-12H;2-4H2,1H3,(H,6,7). The van der Waals surface area contributed by atoms with Crippen LogP contribution in [0.3, 0.4) is 0 Å². The lowest BCUT2D eigenvalue weighted by atomic mass is 9.83. The Kier molecular flexibility index (Phi) is 3.91. The van der Waals surface area contributed by atoms with Crippen molar-refractivity contribution in [1.82, 2.24) is 0 Å². The molecule has 1 N–H and O–H groups in total. The van der Waals surface area contributed by atoms with Crippen LogP contribution < -0.4 is 0 Å². The van der Waals surface area contributed by atoms with Crippen LogP contribution in [-0.4, -0.2) is 11.1 Å². The number of hydrogen-bond donors (Lipinski definition) is 1. The number of unbranched alkanes of at least 4 members (excludes halogenated alkanes) is 1. The Hall–Kier alpha value is -3.65. The molecule has 0 aliphatic heterocycles. The summed E-state index contributed by atoms with van der Waals surface area (Å²) in [6.07, 6.45) is 2.08. The van der Waals surface area contributed by atoms with Crippen LogP contribution in [-0.2, 0) is 4.79 Å². The van der Waals surface area contributed by atoms with Gasteiger partial charge in [-0.25, -0.2) is 0 Å². The quantitative estimate of drug-likeness (QED) is 0.239. The minimum atomic E-state index is -0.693. The van der Waals surface area contributed by atoms with Crippen LogP contribution in [0, 0.1) is 0 Å². The van der Waals surface area contributed by atoms with E-state index in [0.717, 1.165) is 12.8 Å². The highest BCUT2D eigenvalue weighted by atomic mass is 16.4. The van der Waals surface area contributed by atoms with E-state index in [-0.39, 0.29) is 0 Å². The highest BCUT2D eigenvalue weighted by molar-refractivity contribution is 6.44. The molecule has 31 heavy (non-hydrogen) atoms. The molecule has 0 fully saturated rings. The number of hydrogen-bond acceptors (Lipinski definition) is 1. The monoisotopic (exact) mass is 402 g/mol. The van der Waals surface area contributed by atoms with Gasteiger partial charge in [0.05, 0.1) is 0 Å². The molecule has 0 saturated heterocycles. The molecule has 0 saturated carbocycles. The first-order valence-corrected chi connectivity index (χ1v) is 11.0. The van der Waals surface area contributed by atoms with Gasteiger partial charge in [-0.3, -0.25) is 4.79 Å². The Morgan fingerprint density at radius 2 is 0.774 bits per heavy atom. The zero-order valence-corrected chi connectivity index (χ0v) is 17.4. The van der Waals surface area contributed by atoms with E-state index in [0.29, 0.717) is 6.42 Å². The van der Waals surface area contributed by atoms with Crippen LogP contribution in [0.1, 0.15) is 26.2 Å². The molecule has 0 amide bonds. The average molecular weight is 402 g/mol. The van der Waals surface area contributed by atoms with Crippen molar-refractivity contribution in [3.05, 3.63) is 72.8 Å². The Bertz CT molecular complexity index is 1300. The second kappa shape index (κ2) is 6.68. The summed E-state index contributed by atoms with van der Waals surface area (Å²) in [5, 5.41) is 24.8. The van der Waals surface area contributed by atoms with E-state index in [9.17, 15) is 4.79 Å². The van der Waals surface area contributed by atoms with E-state index in [2.05, 4.69) is 72.8 Å². The van der Waals surface area contributed by atoms with Gasteiger partial charge < -0.3 is 5.11 Å². The molecule has 7 rings (SSSR count). The van der Waals surface area contributed by atoms with E-state index in [1.165, 1.54) is 64.6 Å². The van der Waals surface area contributed by atoms with Gasteiger partial charge in [0.1, 0.15) is 0 Å². The molecule has 150 valence electrons. The number of carboxylic acids is 1. The Balaban J connectivity index is 0.000000233. The highest BCUT2D eigenvalue weighted by Crippen LogP contribution is 2.47. The molecule has 2 heteroatoms. The van der Waals surface area contributed by atoms with Crippen LogP contribution >= 0.6 is 0 Å². The molecule has 7 aromatic carbocycles. The van der Waals surface area contributed by atoms with Crippen molar-refractivity contribution in [2.75, 3.05) is 0 Å². The fourth-order valence-electron chi connectivity index (χ4n) is 5.22. The summed E-state index contributed by atoms with van der Waals surface area (Å²) in [7, 11) is 0. The first-order chi connectivity index (χ1) is 15.2. The lowest BCUT2D eigenvalue weighted by molar-refractivity contribution is -0.137. The van der Waals surface area contributed by atoms with Crippen molar-refractivity contribution in [2.45, 2.75) is 26.2 Å². The summed E-state index contributed by atoms with van der Waals surface area (Å²) in [6.45, 7) is 1.98. The maximum absolute atomic E-state index is 9.76. The third kappa shape index (κ3) is 2.55. The van der Waals surface area contributed by atoms with Gasteiger partial charge in [-0.1, -0.05) is 86.1 Å². The zero-order chi connectivity index (χ0) is 21.1. The van der Waals surface area contributed by atoms with Crippen LogP contribution in [0.5, 0.6) is 0 Å². The van der Waals surface area contributed by atoms with Crippen LogP contribution in [0.15, 0.2) is 72.8 Å². The Morgan fingerprint density at radius 1 is 0.548 bits per heavy atom. The van der Waals surface area contributed by atoms with E-state index >= 15 is 0 Å². The molecular weight excluding hydrogens is 380 g/mol. The van der Waals surface area contributed by atoms with Crippen molar-refractivity contribution in [3.63, 3.8) is 0 Å². The van der Waals surface area contributed by atoms with Gasteiger partial charge in [0.25, 0.3) is 0 Å². The number of carboxylic acid groups (broad SMARTS) is 1. The second-order valence-electron chi connectivity index (χ2n) is 8.48. The van der Waals surface area contributed by atoms with Crippen LogP contribution in [0.4, 0.5) is 0 Å². The van der Waals surface area contributed by atoms with Crippen LogP contribution in [0.25, 0.3) is 64.6 Å². The molecule has 7 aromatic rings. The van der Waals surface area contributed by atoms with Gasteiger partial charge in [-0.2, -0.15) is 0 Å². The molecule has 0 aliphatic rings. The molecule has 0 aromatic heterocycles. The third-order valence-electron chi connectivity index (χ3n) is 6.63. The molecule has 2 nitrogen and oxygen atoms in total. The summed E-state index contributed by atoms with van der Waals surface area (Å²) >= 11 is 0. The van der Waals surface area contributed by atoms with Crippen molar-refractivity contribution in [2.24, 2.45) is 0 Å². The van der Waals surface area contributed by atoms with Gasteiger partial charge in [0.15, 0.2) is 0 Å². The molecule has 0 unspecified atom stereocenters. The largest absolute Gasteiger partial charge is 0.481 e. The van der Waals surface area contributed by atoms with Gasteiger partial charge in [0, 0.05) is 6.42 Å². The number of aliphatic carboxylic acids is 1. The average Bonchev–Trinajstić information content (AvgIpc) is 2.81. The predicted octanol–water partition coefficient (Wildman–Crippen LogP) is 8.18. The van der Waals surface area contributed by atoms with E-state index in [1.54, 1.807) is 0 Å². The minimum Gasteiger partial charge on any atom is -0.481 e. The lowest BCUT2D eigenvalue weighted by Gasteiger charge is -2.20. The second-order valence-corrected chi connectivity index (χ2v) is 8.48.